The molecule has 0 bridgehead atoms. The number of rotatable bonds is 3. The van der Waals surface area contributed by atoms with Gasteiger partial charge in [-0.2, -0.15) is 0 Å². The summed E-state index contributed by atoms with van der Waals surface area (Å²) < 4.78 is 5.90. The number of hydrogen-bond acceptors (Lipinski definition) is 3. The Kier molecular flexibility index (Phi) is 4.75. The number of carbonyl (C=O) groups is 1. The molecule has 1 amide bonds. The average molecular weight is 359 g/mol. The fourth-order valence-electron chi connectivity index (χ4n) is 3.64. The lowest BCUT2D eigenvalue weighted by atomic mass is 9.89. The van der Waals surface area contributed by atoms with Crippen LogP contribution in [-0.4, -0.2) is 29.1 Å². The predicted molar refractivity (Wildman–Crippen MR) is 103 cm³/mol. The lowest BCUT2D eigenvalue weighted by Crippen LogP contribution is -2.54. The maximum absolute atomic E-state index is 13.3. The molecule has 0 aliphatic carbocycles. The molecule has 0 radical (unpaired) electrons. The first-order valence-corrected chi connectivity index (χ1v) is 9.03. The second-order valence-electron chi connectivity index (χ2n) is 6.59. The van der Waals surface area contributed by atoms with Gasteiger partial charge in [0.1, 0.15) is 6.04 Å². The lowest BCUT2D eigenvalue weighted by molar-refractivity contribution is -0.273. The first-order valence-electron chi connectivity index (χ1n) is 9.03. The quantitative estimate of drug-likeness (QED) is 0.775. The van der Waals surface area contributed by atoms with Crippen molar-refractivity contribution in [2.24, 2.45) is 0 Å². The smallest absolute Gasteiger partial charge is 0.254 e. The number of carbonyl (C=O) groups excluding carboxylic acids is 1. The standard InChI is InChI=1S/C23H21NO3/c25-22(19-12-6-2-7-13-19)24-16-17-27-23(26,20-14-8-3-9-15-20)21(24)18-10-4-1-5-11-18/h1-15,21,26H,16-17H2/t21-,23+/m1/s1. The average Bonchev–Trinajstić information content (AvgIpc) is 2.75. The minimum atomic E-state index is -1.62. The van der Waals surface area contributed by atoms with E-state index in [4.69, 9.17) is 4.74 Å². The van der Waals surface area contributed by atoms with Crippen LogP contribution in [0.1, 0.15) is 27.5 Å². The normalized spacial score (nSPS) is 22.4. The van der Waals surface area contributed by atoms with Crippen LogP contribution in [0, 0.1) is 0 Å². The van der Waals surface area contributed by atoms with Gasteiger partial charge < -0.3 is 14.7 Å². The Balaban J connectivity index is 1.82. The van der Waals surface area contributed by atoms with Crippen LogP contribution in [0.15, 0.2) is 91.0 Å². The maximum atomic E-state index is 13.3. The van der Waals surface area contributed by atoms with Gasteiger partial charge in [-0.15, -0.1) is 0 Å². The zero-order valence-corrected chi connectivity index (χ0v) is 14.9. The van der Waals surface area contributed by atoms with Gasteiger partial charge in [-0.25, -0.2) is 0 Å². The van der Waals surface area contributed by atoms with Crippen molar-refractivity contribution in [3.63, 3.8) is 0 Å². The van der Waals surface area contributed by atoms with E-state index in [9.17, 15) is 9.90 Å². The topological polar surface area (TPSA) is 49.8 Å². The molecule has 4 rings (SSSR count). The molecule has 3 aromatic carbocycles. The first-order chi connectivity index (χ1) is 13.2. The highest BCUT2D eigenvalue weighted by Crippen LogP contribution is 2.43. The molecule has 136 valence electrons. The minimum Gasteiger partial charge on any atom is -0.360 e. The van der Waals surface area contributed by atoms with Gasteiger partial charge in [0.25, 0.3) is 5.91 Å². The summed E-state index contributed by atoms with van der Waals surface area (Å²) in [5.74, 6) is -1.74. The van der Waals surface area contributed by atoms with Crippen LogP contribution >= 0.6 is 0 Å². The molecule has 4 heteroatoms. The number of morpholine rings is 1. The Morgan fingerprint density at radius 1 is 0.889 bits per heavy atom. The van der Waals surface area contributed by atoms with Gasteiger partial charge in [0, 0.05) is 17.7 Å². The van der Waals surface area contributed by atoms with Crippen molar-refractivity contribution in [1.82, 2.24) is 4.90 Å². The van der Waals surface area contributed by atoms with Gasteiger partial charge in [0.05, 0.1) is 6.61 Å². The molecule has 1 heterocycles. The molecule has 2 atom stereocenters. The predicted octanol–water partition coefficient (Wildman–Crippen LogP) is 3.75. The van der Waals surface area contributed by atoms with Gasteiger partial charge in [-0.3, -0.25) is 4.79 Å². The monoisotopic (exact) mass is 359 g/mol. The van der Waals surface area contributed by atoms with Crippen LogP contribution in [0.2, 0.25) is 0 Å². The molecule has 0 aromatic heterocycles. The summed E-state index contributed by atoms with van der Waals surface area (Å²) in [6.45, 7) is 0.662. The van der Waals surface area contributed by atoms with Crippen LogP contribution in [0.5, 0.6) is 0 Å². The molecule has 0 unspecified atom stereocenters. The van der Waals surface area contributed by atoms with Gasteiger partial charge in [0.15, 0.2) is 0 Å². The lowest BCUT2D eigenvalue weighted by Gasteiger charge is -2.47. The zero-order valence-electron chi connectivity index (χ0n) is 14.9. The van der Waals surface area contributed by atoms with E-state index in [1.165, 1.54) is 0 Å². The van der Waals surface area contributed by atoms with Crippen molar-refractivity contribution in [1.29, 1.82) is 0 Å². The molecule has 1 fully saturated rings. The molecule has 1 aliphatic rings. The van der Waals surface area contributed by atoms with E-state index in [-0.39, 0.29) is 12.5 Å². The van der Waals surface area contributed by atoms with E-state index in [1.807, 2.05) is 78.9 Å². The number of benzene rings is 3. The highest BCUT2D eigenvalue weighted by molar-refractivity contribution is 5.94. The molecule has 3 aromatic rings. The molecule has 4 nitrogen and oxygen atoms in total. The Morgan fingerprint density at radius 3 is 2.07 bits per heavy atom. The van der Waals surface area contributed by atoms with Crippen LogP contribution in [0.4, 0.5) is 0 Å². The maximum Gasteiger partial charge on any atom is 0.254 e. The third-order valence-corrected chi connectivity index (χ3v) is 4.92. The summed E-state index contributed by atoms with van der Waals surface area (Å²) in [6.07, 6.45) is 0. The Labute approximate surface area is 158 Å². The SMILES string of the molecule is O=C(c1ccccc1)N1CCO[C@@](O)(c2ccccc2)[C@H]1c1ccccc1. The highest BCUT2D eigenvalue weighted by Gasteiger charge is 2.48. The fraction of sp³-hybridized carbons (Fsp3) is 0.174. The summed E-state index contributed by atoms with van der Waals surface area (Å²) in [4.78, 5) is 15.0. The van der Waals surface area contributed by atoms with Crippen LogP contribution in [0.25, 0.3) is 0 Å². The van der Waals surface area contributed by atoms with E-state index in [1.54, 1.807) is 17.0 Å². The first kappa shape index (κ1) is 17.5. The Hall–Kier alpha value is -2.95. The number of ether oxygens (including phenoxy) is 1. The van der Waals surface area contributed by atoms with Crippen molar-refractivity contribution >= 4 is 5.91 Å². The summed E-state index contributed by atoms with van der Waals surface area (Å²) in [7, 11) is 0. The number of aliphatic hydroxyl groups is 1. The van der Waals surface area contributed by atoms with Crippen molar-refractivity contribution in [2.45, 2.75) is 11.8 Å². The summed E-state index contributed by atoms with van der Waals surface area (Å²) in [5.41, 5.74) is 2.05. The van der Waals surface area contributed by atoms with E-state index in [0.717, 1.165) is 5.56 Å². The number of amides is 1. The third kappa shape index (κ3) is 3.25. The van der Waals surface area contributed by atoms with Crippen molar-refractivity contribution in [2.75, 3.05) is 13.2 Å². The Morgan fingerprint density at radius 2 is 1.44 bits per heavy atom. The number of hydrogen-bond donors (Lipinski definition) is 1. The number of nitrogens with zero attached hydrogens (tertiary/aromatic N) is 1. The van der Waals surface area contributed by atoms with Gasteiger partial charge in [-0.1, -0.05) is 78.9 Å². The third-order valence-electron chi connectivity index (χ3n) is 4.92. The fourth-order valence-corrected chi connectivity index (χ4v) is 3.64. The summed E-state index contributed by atoms with van der Waals surface area (Å²) in [5, 5.41) is 11.6. The summed E-state index contributed by atoms with van der Waals surface area (Å²) in [6, 6.07) is 27.3. The zero-order chi connectivity index (χ0) is 18.7. The van der Waals surface area contributed by atoms with Gasteiger partial charge >= 0.3 is 0 Å². The molecule has 1 N–H and O–H groups in total. The van der Waals surface area contributed by atoms with Crippen LogP contribution in [-0.2, 0) is 10.5 Å². The summed E-state index contributed by atoms with van der Waals surface area (Å²) >= 11 is 0. The molecule has 1 saturated heterocycles. The molecule has 0 spiro atoms. The van der Waals surface area contributed by atoms with Crippen LogP contribution in [0.3, 0.4) is 0 Å². The largest absolute Gasteiger partial charge is 0.360 e. The second-order valence-corrected chi connectivity index (χ2v) is 6.59. The van der Waals surface area contributed by atoms with E-state index in [2.05, 4.69) is 0 Å². The Bertz CT molecular complexity index is 899. The van der Waals surface area contributed by atoms with E-state index in [0.29, 0.717) is 17.7 Å². The van der Waals surface area contributed by atoms with Crippen molar-refractivity contribution in [3.05, 3.63) is 108 Å². The molecular weight excluding hydrogens is 338 g/mol. The van der Waals surface area contributed by atoms with Crippen LogP contribution < -0.4 is 0 Å². The molecule has 27 heavy (non-hydrogen) atoms. The molecule has 1 aliphatic heterocycles. The molecular formula is C23H21NO3. The van der Waals surface area contributed by atoms with Gasteiger partial charge in [0.2, 0.25) is 5.79 Å². The van der Waals surface area contributed by atoms with Gasteiger partial charge in [-0.05, 0) is 17.7 Å². The second kappa shape index (κ2) is 7.35. The highest BCUT2D eigenvalue weighted by atomic mass is 16.6. The van der Waals surface area contributed by atoms with E-state index >= 15 is 0 Å². The molecule has 0 saturated carbocycles. The van der Waals surface area contributed by atoms with Crippen molar-refractivity contribution in [3.8, 4) is 0 Å². The van der Waals surface area contributed by atoms with Crippen molar-refractivity contribution < 1.29 is 14.6 Å². The minimum absolute atomic E-state index is 0.123. The van der Waals surface area contributed by atoms with E-state index < -0.39 is 11.8 Å².